The van der Waals surface area contributed by atoms with Gasteiger partial charge >= 0.3 is 24.6 Å². The molecule has 0 unspecified atom stereocenters. The average molecular weight is 1510 g/mol. The van der Waals surface area contributed by atoms with E-state index in [-0.39, 0.29) is 62.1 Å². The van der Waals surface area contributed by atoms with Crippen LogP contribution in [0.4, 0.5) is 44.3 Å². The van der Waals surface area contributed by atoms with Crippen LogP contribution in [0.2, 0.25) is 0 Å². The second-order valence-electron chi connectivity index (χ2n) is 29.3. The largest absolute Gasteiger partial charge is 0.491 e. The number of halogens is 9. The number of ether oxygens (including phenoxy) is 2. The first-order valence-electron chi connectivity index (χ1n) is 34.9. The lowest BCUT2D eigenvalue weighted by molar-refractivity contribution is -0.146. The van der Waals surface area contributed by atoms with Crippen LogP contribution in [-0.2, 0) is 78.4 Å². The number of carbonyl (C=O) groups is 4. The minimum Gasteiger partial charge on any atom is -0.491 e. The average Bonchev–Trinajstić information content (AvgIpc) is 1.56. The quantitative estimate of drug-likeness (QED) is 0.123. The third kappa shape index (κ3) is 14.9. The predicted molar refractivity (Wildman–Crippen MR) is 372 cm³/mol. The third-order valence-electron chi connectivity index (χ3n) is 21.6. The Bertz CT molecular complexity index is 4470. The number of rotatable bonds is 10. The molecule has 1 aliphatic carbocycles. The number of fused-ring (bicyclic) bond motifs is 6. The summed E-state index contributed by atoms with van der Waals surface area (Å²) in [5.74, 6) is 0.134. The normalized spacial score (nSPS) is 19.4. The van der Waals surface area contributed by atoms with Gasteiger partial charge in [-0.15, -0.1) is 0 Å². The molecular formula is C73H93F9N10O10S2. The monoisotopic (exact) mass is 1500 g/mol. The minimum absolute atomic E-state index is 0. The minimum atomic E-state index is -4.49. The lowest BCUT2D eigenvalue weighted by atomic mass is 9.80. The standard InChI is InChI=1S/C25H30F3N3O4.C24H29F3N4O3S.C24H30F3N3O3S.2H2/c1-16(2)35-19-6-5-18(15-17(19)3)22(32)29-11-9-24(10-12-29)20-7-8-21(25(26,27)28)30(20)13-14-31(24)23(33)34-4;1-22(2)15-28-23(19-9-10-20(31(19)22)24(25,26)27)11-13-30(14-12-23)21(32)16-3-7-18(8-4-16)35(33,34)29-17-5-6-17;1-16(2)34(32,33)19-6-5-18(15-17(19)3)22(31)29-11-9-23(10-12-29)20-7-8-21(24(25,26)27)30(20)14-13-28(23)4;;/h5-8,15-16H,9-14H2,1-4H3;3-4,7-10,17,28-29H,5-6,11-15H2,1-2H3;5-8,15-16H,9-14H2,1-4H3;2*1H. The third-order valence-corrected chi connectivity index (χ3v) is 25.4. The Balaban J connectivity index is 0.000000182. The van der Waals surface area contributed by atoms with Crippen molar-refractivity contribution >= 4 is 43.7 Å². The van der Waals surface area contributed by atoms with Gasteiger partial charge in [-0.2, -0.15) is 39.5 Å². The lowest BCUT2D eigenvalue weighted by Gasteiger charge is -2.51. The topological polar surface area (TPSA) is 210 Å². The number of methoxy groups -OCH3 is 1. The van der Waals surface area contributed by atoms with Gasteiger partial charge in [0.2, 0.25) is 10.0 Å². The van der Waals surface area contributed by atoms with Crippen molar-refractivity contribution in [2.75, 3.05) is 73.1 Å². The Hall–Kier alpha value is -7.87. The first-order valence-corrected chi connectivity index (χ1v) is 37.9. The molecule has 13 rings (SSSR count). The van der Waals surface area contributed by atoms with Gasteiger partial charge in [0.1, 0.15) is 22.8 Å². The molecule has 2 N–H and O–H groups in total. The van der Waals surface area contributed by atoms with Crippen LogP contribution in [-0.4, -0.2) is 169 Å². The summed E-state index contributed by atoms with van der Waals surface area (Å²) in [4.78, 5) is 61.2. The van der Waals surface area contributed by atoms with Crippen LogP contribution < -0.4 is 14.8 Å². The van der Waals surface area contributed by atoms with E-state index in [0.29, 0.717) is 136 Å². The van der Waals surface area contributed by atoms with Gasteiger partial charge in [-0.05, 0) is 222 Å². The molecule has 3 spiro atoms. The van der Waals surface area contributed by atoms with Gasteiger partial charge in [0.25, 0.3) is 17.7 Å². The smallest absolute Gasteiger partial charge is 0.431 e. The van der Waals surface area contributed by atoms with Crippen molar-refractivity contribution in [1.29, 1.82) is 0 Å². The number of sulfone groups is 1. The van der Waals surface area contributed by atoms with Crippen LogP contribution in [0.15, 0.2) is 107 Å². The van der Waals surface area contributed by atoms with E-state index in [1.807, 2.05) is 27.8 Å². The number of aromatic nitrogens is 3. The fourth-order valence-corrected chi connectivity index (χ4v) is 18.3. The number of hydrogen-bond acceptors (Lipinski definition) is 12. The van der Waals surface area contributed by atoms with E-state index in [0.717, 1.165) is 36.6 Å². The fraction of sp³-hybridized carbons (Fsp3) is 0.534. The number of nitrogens with one attached hydrogen (secondary N) is 2. The molecule has 0 bridgehead atoms. The van der Waals surface area contributed by atoms with E-state index in [4.69, 9.17) is 9.47 Å². The van der Waals surface area contributed by atoms with Crippen molar-refractivity contribution in [3.05, 3.63) is 159 Å². The number of sulfonamides is 1. The Kier molecular flexibility index (Phi) is 21.1. The maximum atomic E-state index is 13.7. The van der Waals surface area contributed by atoms with Crippen molar-refractivity contribution in [2.24, 2.45) is 0 Å². The SMILES string of the molecule is CC1(C)CNC2(CCN(C(=O)c3ccc(S(=O)(=O)NC4CC4)cc3)CC2)c2ccc(C(F)(F)F)n21.COC(=O)N1CCn2c(C(F)(F)F)ccc2C12CCN(C(=O)c1ccc(OC(C)C)c(C)c1)CC2.Cc1cc(C(=O)N2CCC3(CC2)c2ccc(C(F)(F)F)n2CCN3C)ccc1S(=O)(=O)C(C)C.[HH].[HH]. The van der Waals surface area contributed by atoms with Gasteiger partial charge < -0.3 is 43.2 Å². The second-order valence-corrected chi connectivity index (χ2v) is 33.5. The molecule has 6 aromatic rings. The maximum absolute atomic E-state index is 13.7. The Morgan fingerprint density at radius 2 is 1.01 bits per heavy atom. The summed E-state index contributed by atoms with van der Waals surface area (Å²) in [5.41, 5.74) is -0.533. The zero-order chi connectivity index (χ0) is 75.8. The molecule has 4 fully saturated rings. The summed E-state index contributed by atoms with van der Waals surface area (Å²) < 4.78 is 189. The van der Waals surface area contributed by atoms with E-state index < -0.39 is 89.0 Å². The zero-order valence-electron chi connectivity index (χ0n) is 59.8. The van der Waals surface area contributed by atoms with Gasteiger partial charge in [-0.3, -0.25) is 24.2 Å². The highest BCUT2D eigenvalue weighted by molar-refractivity contribution is 7.92. The van der Waals surface area contributed by atoms with Crippen molar-refractivity contribution in [3.63, 3.8) is 0 Å². The Morgan fingerprint density at radius 3 is 1.49 bits per heavy atom. The first kappa shape index (κ1) is 77.2. The molecule has 9 heterocycles. The van der Waals surface area contributed by atoms with Gasteiger partial charge in [0, 0.05) is 115 Å². The molecule has 31 heteroatoms. The van der Waals surface area contributed by atoms with Crippen LogP contribution in [0.1, 0.15) is 172 Å². The molecule has 0 radical (unpaired) electrons. The molecule has 20 nitrogen and oxygen atoms in total. The first-order chi connectivity index (χ1) is 48.6. The molecule has 3 aromatic heterocycles. The number of likely N-dealkylation sites (N-methyl/N-ethyl adjacent to an activating group) is 1. The highest BCUT2D eigenvalue weighted by atomic mass is 32.2. The summed E-state index contributed by atoms with van der Waals surface area (Å²) in [6.45, 7) is 17.7. The number of piperidine rings is 3. The summed E-state index contributed by atoms with van der Waals surface area (Å²) in [6.07, 6.45) is -9.62. The second kappa shape index (κ2) is 28.4. The molecular weight excluding hydrogens is 1410 g/mol. The summed E-state index contributed by atoms with van der Waals surface area (Å²) in [6, 6.07) is 23.8. The number of alkyl halides is 9. The van der Waals surface area contributed by atoms with E-state index in [1.54, 1.807) is 91.8 Å². The highest BCUT2D eigenvalue weighted by Crippen LogP contribution is 2.49. The molecule has 1 saturated carbocycles. The van der Waals surface area contributed by atoms with Gasteiger partial charge in [-0.1, -0.05) is 0 Å². The van der Waals surface area contributed by atoms with Crippen LogP contribution in [0.25, 0.3) is 0 Å². The maximum Gasteiger partial charge on any atom is 0.431 e. The van der Waals surface area contributed by atoms with Gasteiger partial charge in [-0.25, -0.2) is 26.4 Å². The number of benzene rings is 3. The zero-order valence-corrected chi connectivity index (χ0v) is 61.4. The number of aryl methyl sites for hydroxylation is 2. The number of amides is 4. The lowest BCUT2D eigenvalue weighted by Crippen LogP contribution is -2.61. The van der Waals surface area contributed by atoms with Crippen molar-refractivity contribution in [3.8, 4) is 5.75 Å². The molecule has 570 valence electrons. The van der Waals surface area contributed by atoms with Crippen molar-refractivity contribution in [2.45, 2.75) is 188 Å². The Morgan fingerprint density at radius 1 is 0.558 bits per heavy atom. The summed E-state index contributed by atoms with van der Waals surface area (Å²) >= 11 is 0. The van der Waals surface area contributed by atoms with E-state index >= 15 is 0 Å². The summed E-state index contributed by atoms with van der Waals surface area (Å²) in [7, 11) is -3.85. The van der Waals surface area contributed by atoms with Crippen LogP contribution in [0.3, 0.4) is 0 Å². The number of carbonyl (C=O) groups excluding carboxylic acids is 4. The Labute approximate surface area is 602 Å². The van der Waals surface area contributed by atoms with Crippen LogP contribution >= 0.6 is 0 Å². The summed E-state index contributed by atoms with van der Waals surface area (Å²) in [5, 5.41) is 2.93. The molecule has 7 aliphatic rings. The molecule has 3 aromatic carbocycles. The molecule has 6 aliphatic heterocycles. The number of nitrogens with zero attached hydrogens (tertiary/aromatic N) is 8. The molecule has 104 heavy (non-hydrogen) atoms. The van der Waals surface area contributed by atoms with E-state index in [2.05, 4.69) is 14.9 Å². The van der Waals surface area contributed by atoms with E-state index in [9.17, 15) is 75.5 Å². The molecule has 4 amide bonds. The number of likely N-dealkylation sites (tertiary alicyclic amines) is 3. The van der Waals surface area contributed by atoms with E-state index in [1.165, 1.54) is 62.1 Å². The number of hydrogen-bond donors (Lipinski definition) is 2. The van der Waals surface area contributed by atoms with Crippen LogP contribution in [0.5, 0.6) is 5.75 Å². The molecule has 3 saturated heterocycles. The van der Waals surface area contributed by atoms with Crippen molar-refractivity contribution < 1.29 is 87.9 Å². The fourth-order valence-electron chi connectivity index (χ4n) is 15.7. The van der Waals surface area contributed by atoms with Gasteiger partial charge in [0.15, 0.2) is 9.84 Å². The predicted octanol–water partition coefficient (Wildman–Crippen LogP) is 12.8. The van der Waals surface area contributed by atoms with Crippen LogP contribution in [0, 0.1) is 13.8 Å². The van der Waals surface area contributed by atoms with Crippen molar-refractivity contribution in [1.82, 2.24) is 48.2 Å². The molecule has 0 atom stereocenters. The van der Waals surface area contributed by atoms with Gasteiger partial charge in [0.05, 0.1) is 50.4 Å². The highest BCUT2D eigenvalue weighted by Gasteiger charge is 2.53.